The van der Waals surface area contributed by atoms with Gasteiger partial charge < -0.3 is 0 Å². The molecule has 17 heavy (non-hydrogen) atoms. The first kappa shape index (κ1) is 13.6. The monoisotopic (exact) mass is 440 g/mol. The molecule has 0 aliphatic rings. The van der Waals surface area contributed by atoms with Crippen molar-refractivity contribution in [1.29, 1.82) is 0 Å². The zero-order valence-corrected chi connectivity index (χ0v) is 13.8. The molecule has 0 aliphatic carbocycles. The zero-order chi connectivity index (χ0) is 12.3. The van der Waals surface area contributed by atoms with Crippen molar-refractivity contribution in [2.45, 2.75) is 10.6 Å². The number of nitrogens with zero attached hydrogens (tertiary/aromatic N) is 2. The first-order valence-electron chi connectivity index (χ1n) is 4.71. The summed E-state index contributed by atoms with van der Waals surface area (Å²) < 4.78 is 1.96. The van der Waals surface area contributed by atoms with E-state index in [-0.39, 0.29) is 0 Å². The van der Waals surface area contributed by atoms with Crippen LogP contribution in [0.5, 0.6) is 0 Å². The van der Waals surface area contributed by atoms with E-state index in [0.717, 1.165) is 13.9 Å². The van der Waals surface area contributed by atoms with Gasteiger partial charge in [-0.25, -0.2) is 9.97 Å². The van der Waals surface area contributed by atoms with Crippen molar-refractivity contribution in [1.82, 2.24) is 9.97 Å². The van der Waals surface area contributed by atoms with Crippen LogP contribution >= 0.6 is 61.9 Å². The Balaban J connectivity index is 2.08. The smallest absolute Gasteiger partial charge is 0.146 e. The van der Waals surface area contributed by atoms with Crippen molar-refractivity contribution in [2.75, 3.05) is 0 Å². The number of rotatable bonds is 3. The third-order valence-corrected chi connectivity index (χ3v) is 5.36. The number of hydrogen-bond donors (Lipinski definition) is 0. The number of thioether (sulfide) groups is 1. The molecule has 0 saturated carbocycles. The van der Waals surface area contributed by atoms with Gasteiger partial charge in [0.25, 0.3) is 0 Å². The predicted molar refractivity (Wildman–Crippen MR) is 83.5 cm³/mol. The maximum atomic E-state index is 5.95. The summed E-state index contributed by atoms with van der Waals surface area (Å²) in [7, 11) is 0. The molecule has 0 N–H and O–H groups in total. The molecule has 0 fully saturated rings. The molecule has 0 saturated heterocycles. The molecular weight excluding hydrogens is 434 g/mol. The van der Waals surface area contributed by atoms with Crippen molar-refractivity contribution in [3.63, 3.8) is 0 Å². The zero-order valence-electron chi connectivity index (χ0n) is 8.53. The van der Waals surface area contributed by atoms with Crippen molar-refractivity contribution in [2.24, 2.45) is 0 Å². The first-order valence-corrected chi connectivity index (χ1v) is 7.94. The van der Waals surface area contributed by atoms with Gasteiger partial charge >= 0.3 is 0 Å². The van der Waals surface area contributed by atoms with E-state index in [1.807, 2.05) is 18.2 Å². The van der Waals surface area contributed by atoms with Gasteiger partial charge in [0.15, 0.2) is 0 Å². The summed E-state index contributed by atoms with van der Waals surface area (Å²) in [6.45, 7) is 0. The lowest BCUT2D eigenvalue weighted by Gasteiger charge is -2.03. The third kappa shape index (κ3) is 3.81. The second-order valence-corrected chi connectivity index (χ2v) is 6.54. The molecule has 2 nitrogen and oxygen atoms in total. The summed E-state index contributed by atoms with van der Waals surface area (Å²) in [5.41, 5.74) is 0. The van der Waals surface area contributed by atoms with Crippen LogP contribution in [0, 0.1) is 3.57 Å². The number of hydrogen-bond acceptors (Lipinski definition) is 3. The fourth-order valence-electron chi connectivity index (χ4n) is 1.15. The third-order valence-electron chi connectivity index (χ3n) is 1.94. The lowest BCUT2D eigenvalue weighted by atomic mass is 10.4. The fraction of sp³-hybridized carbons (Fsp3) is 0.0909. The van der Waals surface area contributed by atoms with E-state index in [9.17, 15) is 0 Å². The minimum absolute atomic E-state index is 0.517. The quantitative estimate of drug-likeness (QED) is 0.389. The summed E-state index contributed by atoms with van der Waals surface area (Å²) in [5.74, 6) is 1.45. The van der Waals surface area contributed by atoms with E-state index in [1.165, 1.54) is 4.90 Å². The predicted octanol–water partition coefficient (Wildman–Crippen LogP) is 4.79. The largest absolute Gasteiger partial charge is 0.239 e. The van der Waals surface area contributed by atoms with Crippen molar-refractivity contribution >= 4 is 61.9 Å². The van der Waals surface area contributed by atoms with Gasteiger partial charge in [-0.2, -0.15) is 0 Å². The molecule has 6 heteroatoms. The Morgan fingerprint density at radius 2 is 2.12 bits per heavy atom. The van der Waals surface area contributed by atoms with Gasteiger partial charge in [-0.15, -0.1) is 11.8 Å². The van der Waals surface area contributed by atoms with Gasteiger partial charge in [-0.05, 0) is 50.7 Å². The Bertz CT molecular complexity index is 539. The average molecular weight is 442 g/mol. The Hall–Kier alpha value is 0.150. The Kier molecular flexibility index (Phi) is 5.08. The highest BCUT2D eigenvalue weighted by molar-refractivity contribution is 14.1. The van der Waals surface area contributed by atoms with Crippen LogP contribution < -0.4 is 0 Å². The Morgan fingerprint density at radius 1 is 1.35 bits per heavy atom. The highest BCUT2D eigenvalue weighted by Crippen LogP contribution is 2.29. The number of halogens is 3. The molecule has 88 valence electrons. The highest BCUT2D eigenvalue weighted by atomic mass is 127. The molecule has 0 atom stereocenters. The topological polar surface area (TPSA) is 25.8 Å². The Labute approximate surface area is 131 Å². The molecule has 1 aromatic heterocycles. The molecule has 1 aromatic carbocycles. The van der Waals surface area contributed by atoms with Crippen LogP contribution in [0.2, 0.25) is 5.15 Å². The minimum atomic E-state index is 0.517. The molecule has 2 rings (SSSR count). The van der Waals surface area contributed by atoms with Crippen LogP contribution in [0.25, 0.3) is 0 Å². The molecule has 0 bridgehead atoms. The van der Waals surface area contributed by atoms with Crippen LogP contribution in [0.4, 0.5) is 0 Å². The van der Waals surface area contributed by atoms with E-state index < -0.39 is 0 Å². The van der Waals surface area contributed by atoms with Crippen molar-refractivity contribution in [3.8, 4) is 0 Å². The van der Waals surface area contributed by atoms with Gasteiger partial charge in [0.2, 0.25) is 0 Å². The van der Waals surface area contributed by atoms with Gasteiger partial charge in [0, 0.05) is 15.6 Å². The van der Waals surface area contributed by atoms with Crippen LogP contribution in [0.1, 0.15) is 5.82 Å². The van der Waals surface area contributed by atoms with Gasteiger partial charge in [-0.1, -0.05) is 23.7 Å². The standard InChI is InChI=1S/C11H7BrClIN2S/c12-7-3-1-2-4-9(7)17-6-10-15-5-8(14)11(13)16-10/h1-5H,6H2. The maximum Gasteiger partial charge on any atom is 0.146 e. The number of aromatic nitrogens is 2. The van der Waals surface area contributed by atoms with Crippen LogP contribution in [0.3, 0.4) is 0 Å². The maximum absolute atomic E-state index is 5.95. The van der Waals surface area contributed by atoms with E-state index >= 15 is 0 Å². The molecule has 0 amide bonds. The van der Waals surface area contributed by atoms with Gasteiger partial charge in [-0.3, -0.25) is 0 Å². The highest BCUT2D eigenvalue weighted by Gasteiger charge is 2.05. The molecule has 2 aromatic rings. The number of benzene rings is 1. The molecular formula is C11H7BrClIN2S. The first-order chi connectivity index (χ1) is 8.16. The van der Waals surface area contributed by atoms with Crippen molar-refractivity contribution < 1.29 is 0 Å². The van der Waals surface area contributed by atoms with Gasteiger partial charge in [0.05, 0.1) is 9.32 Å². The lowest BCUT2D eigenvalue weighted by molar-refractivity contribution is 1.02. The summed E-state index contributed by atoms with van der Waals surface area (Å²) >= 11 is 13.3. The van der Waals surface area contributed by atoms with E-state index in [4.69, 9.17) is 11.6 Å². The minimum Gasteiger partial charge on any atom is -0.239 e. The molecule has 0 aliphatic heterocycles. The van der Waals surface area contributed by atoms with Crippen molar-refractivity contribution in [3.05, 3.63) is 49.5 Å². The SMILES string of the molecule is Clc1nc(CSc2ccccc2Br)ncc1I. The van der Waals surface area contributed by atoms with Crippen LogP contribution in [-0.4, -0.2) is 9.97 Å². The summed E-state index contributed by atoms with van der Waals surface area (Å²) in [6, 6.07) is 8.08. The Morgan fingerprint density at radius 3 is 2.82 bits per heavy atom. The fourth-order valence-corrected chi connectivity index (χ4v) is 2.99. The molecule has 0 spiro atoms. The summed E-state index contributed by atoms with van der Waals surface area (Å²) in [4.78, 5) is 9.64. The van der Waals surface area contributed by atoms with E-state index in [0.29, 0.717) is 10.9 Å². The van der Waals surface area contributed by atoms with E-state index in [2.05, 4.69) is 54.6 Å². The van der Waals surface area contributed by atoms with Crippen LogP contribution in [0.15, 0.2) is 39.8 Å². The molecule has 0 unspecified atom stereocenters. The van der Waals surface area contributed by atoms with Gasteiger partial charge in [0.1, 0.15) is 11.0 Å². The second kappa shape index (κ2) is 6.36. The van der Waals surface area contributed by atoms with E-state index in [1.54, 1.807) is 18.0 Å². The lowest BCUT2D eigenvalue weighted by Crippen LogP contribution is -1.94. The molecule has 0 radical (unpaired) electrons. The normalized spacial score (nSPS) is 10.5. The summed E-state index contributed by atoms with van der Waals surface area (Å²) in [5, 5.41) is 0.517. The molecule has 1 heterocycles. The summed E-state index contributed by atoms with van der Waals surface area (Å²) in [6.07, 6.45) is 1.74. The second-order valence-electron chi connectivity index (χ2n) is 3.14. The average Bonchev–Trinajstić information content (AvgIpc) is 2.32. The van der Waals surface area contributed by atoms with Crippen LogP contribution in [-0.2, 0) is 5.75 Å².